The lowest BCUT2D eigenvalue weighted by Gasteiger charge is -2.36. The highest BCUT2D eigenvalue weighted by molar-refractivity contribution is 5.93. The van der Waals surface area contributed by atoms with Crippen LogP contribution in [0.4, 0.5) is 8.78 Å². The van der Waals surface area contributed by atoms with Crippen LogP contribution >= 0.6 is 0 Å². The van der Waals surface area contributed by atoms with Crippen molar-refractivity contribution in [3.05, 3.63) is 30.2 Å². The molecule has 2 saturated carbocycles. The Balaban J connectivity index is 1.25. The summed E-state index contributed by atoms with van der Waals surface area (Å²) in [7, 11) is 0. The number of aromatic nitrogens is 2. The maximum absolute atomic E-state index is 12.9. The number of hydrogen-bond acceptors (Lipinski definition) is 4. The van der Waals surface area contributed by atoms with Crippen LogP contribution in [0, 0.1) is 5.41 Å². The maximum atomic E-state index is 12.9. The van der Waals surface area contributed by atoms with Gasteiger partial charge in [0, 0.05) is 18.2 Å². The molecule has 0 radical (unpaired) electrons. The fourth-order valence-corrected chi connectivity index (χ4v) is 3.12. The lowest BCUT2D eigenvalue weighted by molar-refractivity contribution is -0.133. The molecule has 0 unspecified atom stereocenters. The number of nitrogens with one attached hydrogen (secondary N) is 3. The zero-order valence-corrected chi connectivity index (χ0v) is 13.8. The number of aromatic amines is 1. The Hall–Kier alpha value is -2.71. The summed E-state index contributed by atoms with van der Waals surface area (Å²) in [6, 6.07) is 4.78. The van der Waals surface area contributed by atoms with Crippen LogP contribution in [0.5, 0.6) is 0 Å². The van der Waals surface area contributed by atoms with Crippen LogP contribution < -0.4 is 10.6 Å². The van der Waals surface area contributed by atoms with Gasteiger partial charge < -0.3 is 15.1 Å². The summed E-state index contributed by atoms with van der Waals surface area (Å²) in [6.07, 6.45) is 0.416. The lowest BCUT2D eigenvalue weighted by Crippen LogP contribution is -2.55. The normalized spacial score (nSPS) is 23.3. The van der Waals surface area contributed by atoms with Crippen molar-refractivity contribution in [1.82, 2.24) is 20.8 Å². The molecule has 26 heavy (non-hydrogen) atoms. The predicted molar refractivity (Wildman–Crippen MR) is 86.4 cm³/mol. The molecule has 0 aliphatic heterocycles. The summed E-state index contributed by atoms with van der Waals surface area (Å²) in [6.45, 7) is 0. The third-order valence-electron chi connectivity index (χ3n) is 5.06. The Morgan fingerprint density at radius 2 is 2.00 bits per heavy atom. The molecule has 2 aromatic rings. The molecule has 4 rings (SSSR count). The average Bonchev–Trinajstić information content (AvgIpc) is 3.00. The van der Waals surface area contributed by atoms with E-state index in [1.54, 1.807) is 18.2 Å². The van der Waals surface area contributed by atoms with E-state index in [1.165, 1.54) is 6.26 Å². The molecular weight excluding hydrogens is 346 g/mol. The Bertz CT molecular complexity index is 808. The smallest absolute Gasteiger partial charge is 0.272 e. The van der Waals surface area contributed by atoms with E-state index in [1.807, 2.05) is 0 Å². The minimum atomic E-state index is -2.62. The number of alkyl halides is 2. The van der Waals surface area contributed by atoms with E-state index in [-0.39, 0.29) is 36.5 Å². The molecule has 138 valence electrons. The first-order valence-corrected chi connectivity index (χ1v) is 8.47. The van der Waals surface area contributed by atoms with Crippen molar-refractivity contribution in [2.75, 3.05) is 0 Å². The van der Waals surface area contributed by atoms with Gasteiger partial charge in [-0.2, -0.15) is 5.10 Å². The summed E-state index contributed by atoms with van der Waals surface area (Å²) in [5.41, 5.74) is -0.648. The lowest BCUT2D eigenvalue weighted by atomic mass is 9.86. The highest BCUT2D eigenvalue weighted by atomic mass is 19.3. The standard InChI is InChI=1S/C17H18F2N4O3/c18-15(19)17(3-4-17)16(25)21-10-6-9(7-10)20-14(24)12-8-11(22-23-12)13-2-1-5-26-13/h1-2,5,8-10,15H,3-4,6-7H2,(H,20,24)(H,21,25)(H,22,23). The molecule has 7 nitrogen and oxygen atoms in total. The predicted octanol–water partition coefficient (Wildman–Crippen LogP) is 2.09. The van der Waals surface area contributed by atoms with Gasteiger partial charge in [0.2, 0.25) is 5.91 Å². The molecule has 2 aromatic heterocycles. The Kier molecular flexibility index (Phi) is 4.01. The maximum Gasteiger partial charge on any atom is 0.272 e. The molecule has 2 amide bonds. The van der Waals surface area contributed by atoms with Crippen LogP contribution in [0.3, 0.4) is 0 Å². The monoisotopic (exact) mass is 364 g/mol. The summed E-state index contributed by atoms with van der Waals surface area (Å²) in [4.78, 5) is 24.1. The minimum absolute atomic E-state index is 0.113. The molecule has 2 aliphatic rings. The first-order chi connectivity index (χ1) is 12.5. The van der Waals surface area contributed by atoms with Crippen molar-refractivity contribution in [2.24, 2.45) is 5.41 Å². The fourth-order valence-electron chi connectivity index (χ4n) is 3.12. The van der Waals surface area contributed by atoms with E-state index in [2.05, 4.69) is 20.8 Å². The largest absolute Gasteiger partial charge is 0.463 e. The van der Waals surface area contributed by atoms with Gasteiger partial charge in [0.15, 0.2) is 11.5 Å². The minimum Gasteiger partial charge on any atom is -0.463 e. The van der Waals surface area contributed by atoms with Gasteiger partial charge in [-0.25, -0.2) is 8.78 Å². The molecule has 9 heteroatoms. The number of halogens is 2. The van der Waals surface area contributed by atoms with Crippen LogP contribution in [0.1, 0.15) is 36.2 Å². The molecule has 2 heterocycles. The van der Waals surface area contributed by atoms with Crippen LogP contribution in [0.15, 0.2) is 28.9 Å². The average molecular weight is 364 g/mol. The molecule has 0 spiro atoms. The number of nitrogens with zero attached hydrogens (tertiary/aromatic N) is 1. The fraction of sp³-hybridized carbons (Fsp3) is 0.471. The summed E-state index contributed by atoms with van der Waals surface area (Å²) in [5.74, 6) is -0.325. The Labute approximate surface area is 147 Å². The van der Waals surface area contributed by atoms with E-state index in [4.69, 9.17) is 4.42 Å². The SMILES string of the molecule is O=C(NC1CC(NC(=O)C2(C(F)F)CC2)C1)c1cc(-c2ccco2)[nH]n1. The van der Waals surface area contributed by atoms with Crippen molar-refractivity contribution in [3.8, 4) is 11.5 Å². The van der Waals surface area contributed by atoms with E-state index >= 15 is 0 Å². The topological polar surface area (TPSA) is 100 Å². The number of hydrogen-bond donors (Lipinski definition) is 3. The quantitative estimate of drug-likeness (QED) is 0.731. The van der Waals surface area contributed by atoms with Crippen LogP contribution in [-0.2, 0) is 4.79 Å². The van der Waals surface area contributed by atoms with Crippen LogP contribution in [-0.4, -0.2) is 40.5 Å². The number of carbonyl (C=O) groups excluding carboxylic acids is 2. The molecule has 0 atom stereocenters. The van der Waals surface area contributed by atoms with Crippen LogP contribution in [0.2, 0.25) is 0 Å². The van der Waals surface area contributed by atoms with E-state index < -0.39 is 17.7 Å². The first-order valence-electron chi connectivity index (χ1n) is 8.47. The Morgan fingerprint density at radius 1 is 1.27 bits per heavy atom. The van der Waals surface area contributed by atoms with Crippen molar-refractivity contribution in [3.63, 3.8) is 0 Å². The third kappa shape index (κ3) is 2.97. The molecule has 3 N–H and O–H groups in total. The summed E-state index contributed by atoms with van der Waals surface area (Å²) < 4.78 is 31.0. The second-order valence-electron chi connectivity index (χ2n) is 6.91. The van der Waals surface area contributed by atoms with Gasteiger partial charge >= 0.3 is 0 Å². The second kappa shape index (κ2) is 6.22. The van der Waals surface area contributed by atoms with E-state index in [9.17, 15) is 18.4 Å². The number of furan rings is 1. The second-order valence-corrected chi connectivity index (χ2v) is 6.91. The van der Waals surface area contributed by atoms with Gasteiger partial charge in [-0.15, -0.1) is 0 Å². The van der Waals surface area contributed by atoms with Crippen molar-refractivity contribution in [1.29, 1.82) is 0 Å². The highest BCUT2D eigenvalue weighted by Crippen LogP contribution is 2.51. The van der Waals surface area contributed by atoms with Gasteiger partial charge in [0.1, 0.15) is 11.1 Å². The number of rotatable bonds is 6. The van der Waals surface area contributed by atoms with Gasteiger partial charge in [-0.3, -0.25) is 14.7 Å². The van der Waals surface area contributed by atoms with Crippen LogP contribution in [0.25, 0.3) is 11.5 Å². The summed E-state index contributed by atoms with van der Waals surface area (Å²) in [5, 5.41) is 12.2. The molecule has 0 saturated heterocycles. The number of H-pyrrole nitrogens is 1. The zero-order valence-electron chi connectivity index (χ0n) is 13.8. The highest BCUT2D eigenvalue weighted by Gasteiger charge is 2.58. The van der Waals surface area contributed by atoms with E-state index in [0.29, 0.717) is 24.3 Å². The molecule has 2 aliphatic carbocycles. The first kappa shape index (κ1) is 16.7. The molecule has 0 aromatic carbocycles. The number of carbonyl (C=O) groups is 2. The van der Waals surface area contributed by atoms with Gasteiger partial charge in [-0.1, -0.05) is 0 Å². The number of amides is 2. The van der Waals surface area contributed by atoms with E-state index in [0.717, 1.165) is 0 Å². The molecule has 2 fully saturated rings. The van der Waals surface area contributed by atoms with Gasteiger partial charge in [0.05, 0.1) is 6.26 Å². The Morgan fingerprint density at radius 3 is 2.62 bits per heavy atom. The molecule has 0 bridgehead atoms. The van der Waals surface area contributed by atoms with Gasteiger partial charge in [-0.05, 0) is 37.8 Å². The summed E-state index contributed by atoms with van der Waals surface area (Å²) >= 11 is 0. The molecular formula is C17H18F2N4O3. The van der Waals surface area contributed by atoms with Crippen molar-refractivity contribution < 1.29 is 22.8 Å². The van der Waals surface area contributed by atoms with Crippen molar-refractivity contribution in [2.45, 2.75) is 44.2 Å². The third-order valence-corrected chi connectivity index (χ3v) is 5.06. The van der Waals surface area contributed by atoms with Crippen molar-refractivity contribution >= 4 is 11.8 Å². The van der Waals surface area contributed by atoms with Gasteiger partial charge in [0.25, 0.3) is 12.3 Å². The zero-order chi connectivity index (χ0) is 18.3.